The van der Waals surface area contributed by atoms with Crippen LogP contribution in [0.3, 0.4) is 0 Å². The summed E-state index contributed by atoms with van der Waals surface area (Å²) in [6.45, 7) is 5.37. The predicted octanol–water partition coefficient (Wildman–Crippen LogP) is 8.05. The molecule has 5 amide bonds. The molecule has 4 saturated heterocycles. The summed E-state index contributed by atoms with van der Waals surface area (Å²) < 4.78 is 134. The van der Waals surface area contributed by atoms with Gasteiger partial charge in [-0.05, 0) is 120 Å². The van der Waals surface area contributed by atoms with E-state index in [0.717, 1.165) is 0 Å². The SMILES string of the molecule is CCc1nc2ccccc2nc1O[C@@H]1C[C@H]2C(=O)C[C@]3(C(=O)NS(=O)(=O)C4CC4)C[C@H]3CC(F)(F)CCCCC[C@H](N)C(=O)N2C1.CCc1nc2ccccc2nc1O[C@@H]1C[C@H]2C(=O)C[C@]3(C(=O)NS(=O)(=O)C4CC4)C[C@H]3CC(F)(F)CCCCC[C@H](NC(=O)c3cc(C)on3)C(=O)N2C1.Cl. The van der Waals surface area contributed by atoms with Crippen LogP contribution in [0.25, 0.3) is 22.1 Å². The van der Waals surface area contributed by atoms with Crippen molar-refractivity contribution in [2.24, 2.45) is 28.4 Å². The number of nitrogens with two attached hydrogens (primary N) is 1. The minimum atomic E-state index is -4.04. The number of aryl methyl sites for hydroxylation is 3. The van der Waals surface area contributed by atoms with Gasteiger partial charge in [-0.15, -0.1) is 12.4 Å². The molecule has 0 radical (unpaired) electrons. The van der Waals surface area contributed by atoms with Crippen molar-refractivity contribution >= 4 is 95.6 Å². The molecule has 10 atom stereocenters. The van der Waals surface area contributed by atoms with Crippen LogP contribution in [-0.2, 0) is 61.7 Å². The van der Waals surface area contributed by atoms with Gasteiger partial charge in [-0.2, -0.15) is 0 Å². The molecule has 0 spiro atoms. The van der Waals surface area contributed by atoms with E-state index < -0.39 is 181 Å². The maximum Gasteiger partial charge on any atom is 0.274 e. The van der Waals surface area contributed by atoms with Gasteiger partial charge in [-0.1, -0.05) is 69.0 Å². The van der Waals surface area contributed by atoms with Gasteiger partial charge < -0.3 is 34.8 Å². The maximum absolute atomic E-state index is 15.4. The Kier molecular flexibility index (Phi) is 21.9. The Labute approximate surface area is 588 Å². The van der Waals surface area contributed by atoms with E-state index in [1.807, 2.05) is 56.3 Å². The van der Waals surface area contributed by atoms with E-state index in [9.17, 15) is 50.4 Å². The molecule has 4 aliphatic carbocycles. The summed E-state index contributed by atoms with van der Waals surface area (Å²) in [5.74, 6) is -11.9. The van der Waals surface area contributed by atoms with E-state index >= 15 is 17.6 Å². The van der Waals surface area contributed by atoms with Crippen molar-refractivity contribution in [1.29, 1.82) is 0 Å². The smallest absolute Gasteiger partial charge is 0.274 e. The van der Waals surface area contributed by atoms with Crippen molar-refractivity contribution in [1.82, 2.24) is 49.7 Å². The molecule has 101 heavy (non-hydrogen) atoms. The molecule has 7 heterocycles. The fraction of sp³-hybridized carbons (Fsp3) is 0.623. The minimum absolute atomic E-state index is 0. The van der Waals surface area contributed by atoms with Crippen LogP contribution in [0.5, 0.6) is 11.8 Å². The van der Waals surface area contributed by atoms with E-state index in [1.165, 1.54) is 15.9 Å². The molecule has 5 aromatic rings. The number of ether oxygens (including phenoxy) is 2. The van der Waals surface area contributed by atoms with E-state index in [2.05, 4.69) is 39.9 Å². The highest BCUT2D eigenvalue weighted by Gasteiger charge is 2.66. The van der Waals surface area contributed by atoms with E-state index in [1.54, 1.807) is 13.0 Å². The van der Waals surface area contributed by atoms with Crippen molar-refractivity contribution in [3.8, 4) is 11.8 Å². The third kappa shape index (κ3) is 16.9. The quantitative estimate of drug-likeness (QED) is 0.0763. The number of nitrogens with zero attached hydrogens (tertiary/aromatic N) is 7. The number of aromatic nitrogens is 5. The number of carbonyl (C=O) groups excluding carboxylic acids is 7. The normalized spacial score (nSPS) is 28.7. The lowest BCUT2D eigenvalue weighted by Gasteiger charge is -2.29. The lowest BCUT2D eigenvalue weighted by molar-refractivity contribution is -0.140. The number of para-hydroxylation sites is 4. The Morgan fingerprint density at radius 2 is 1.03 bits per heavy atom. The number of nitrogens with one attached hydrogen (secondary N) is 3. The third-order valence-electron chi connectivity index (χ3n) is 21.0. The number of benzene rings is 2. The number of Topliss-reactive ketones (excluding diaryl/α,β-unsaturated/α-hetero) is 2. The predicted molar refractivity (Wildman–Crippen MR) is 360 cm³/mol. The first kappa shape index (κ1) is 74.7. The molecular weight excluding hydrogens is 1380 g/mol. The second-order valence-electron chi connectivity index (χ2n) is 28.6. The first-order chi connectivity index (χ1) is 47.5. The number of carbonyl (C=O) groups is 7. The monoisotopic (exact) mass is 1470 g/mol. The van der Waals surface area contributed by atoms with Crippen molar-refractivity contribution in [3.05, 3.63) is 77.4 Å². The summed E-state index contributed by atoms with van der Waals surface area (Å²) in [6.07, 6.45) is 0.175. The molecule has 8 fully saturated rings. The molecule has 25 nitrogen and oxygen atoms in total. The zero-order chi connectivity index (χ0) is 71.3. The van der Waals surface area contributed by atoms with Gasteiger partial charge in [-0.25, -0.2) is 54.3 Å². The zero-order valence-electron chi connectivity index (χ0n) is 56.5. The molecular formula is C69H86ClF4N11O14S2. The molecule has 4 saturated carbocycles. The molecule has 5 N–H and O–H groups in total. The first-order valence-corrected chi connectivity index (χ1v) is 38.0. The number of fused-ring (bicyclic) bond motifs is 6. The average Bonchev–Trinajstić information content (AvgIpc) is 1.57. The van der Waals surface area contributed by atoms with E-state index in [4.69, 9.17) is 19.7 Å². The van der Waals surface area contributed by atoms with Crippen LogP contribution in [-0.4, -0.2) is 165 Å². The number of hydrogen-bond acceptors (Lipinski definition) is 20. The lowest BCUT2D eigenvalue weighted by Crippen LogP contribution is -2.52. The van der Waals surface area contributed by atoms with Crippen LogP contribution in [0.4, 0.5) is 17.6 Å². The topological polar surface area (TPSA) is 352 Å². The van der Waals surface area contributed by atoms with Crippen LogP contribution in [0, 0.1) is 29.6 Å². The maximum atomic E-state index is 15.4. The summed E-state index contributed by atoms with van der Waals surface area (Å²) in [7, 11) is -8.01. The van der Waals surface area contributed by atoms with Crippen LogP contribution in [0.15, 0.2) is 59.1 Å². The van der Waals surface area contributed by atoms with Gasteiger partial charge in [0.15, 0.2) is 17.3 Å². The highest BCUT2D eigenvalue weighted by molar-refractivity contribution is 7.91. The molecule has 32 heteroatoms. The minimum Gasteiger partial charge on any atom is -0.471 e. The van der Waals surface area contributed by atoms with Crippen LogP contribution in [0.2, 0.25) is 0 Å². The molecule has 2 aromatic carbocycles. The standard InChI is InChI=1S/C37H44F2N6O8S.C32H41F2N5O6S.ClH/c1-3-25-33(42-27-10-7-6-9-26(27)40-25)52-23-16-30-31(46)19-36(35(49)44-54(50,51)24-12-13-24)17-22(36)18-37(38,39)14-8-4-5-11-28(34(48)45(30)20-23)41-32(47)29-15-21(2)53-43-29;1-2-23-28(37-25-10-6-5-9-24(25)36-23)45-20-14-26-27(40)17-31(30(42)38-46(43,44)21-11-12-21)15-19(31)16-32(33,34)13-7-3-4-8-22(35)29(41)39(26)18-20;/h6-7,9-10,15,22-24,28,30H,3-5,8,11-14,16-20H2,1-2H3,(H,41,47)(H,44,49);5-6,9-10,19-22,26H,2-4,7-8,11-18,35H2,1H3,(H,38,42);1H/t22-,23+,28-,30-,36+;19-,20+,22-,26-,31+;/m00./s1. The zero-order valence-corrected chi connectivity index (χ0v) is 59.0. The van der Waals surface area contributed by atoms with Crippen LogP contribution in [0.1, 0.15) is 183 Å². The number of hydrogen-bond donors (Lipinski definition) is 4. The lowest BCUT2D eigenvalue weighted by atomic mass is 9.89. The summed E-state index contributed by atoms with van der Waals surface area (Å²) in [6, 6.07) is 11.7. The van der Waals surface area contributed by atoms with Crippen molar-refractivity contribution in [2.45, 2.75) is 234 Å². The average molecular weight is 1470 g/mol. The summed E-state index contributed by atoms with van der Waals surface area (Å²) in [4.78, 5) is 119. The van der Waals surface area contributed by atoms with Gasteiger partial charge in [0.2, 0.25) is 67.3 Å². The van der Waals surface area contributed by atoms with E-state index in [0.29, 0.717) is 109 Å². The number of ketones is 2. The molecule has 548 valence electrons. The Morgan fingerprint density at radius 3 is 1.45 bits per heavy atom. The van der Waals surface area contributed by atoms with E-state index in [-0.39, 0.29) is 88.4 Å². The fourth-order valence-corrected chi connectivity index (χ4v) is 17.6. The second kappa shape index (κ2) is 29.7. The molecule has 4 aliphatic heterocycles. The van der Waals surface area contributed by atoms with Crippen LogP contribution >= 0.6 is 12.4 Å². The first-order valence-electron chi connectivity index (χ1n) is 34.9. The Balaban J connectivity index is 0.000000204. The van der Waals surface area contributed by atoms with Crippen molar-refractivity contribution in [2.75, 3.05) is 13.1 Å². The number of rotatable bonds is 14. The van der Waals surface area contributed by atoms with Gasteiger partial charge in [0.05, 0.1) is 74.6 Å². The van der Waals surface area contributed by atoms with Crippen molar-refractivity contribution < 1.29 is 82.0 Å². The number of halogens is 5. The highest BCUT2D eigenvalue weighted by Crippen LogP contribution is 2.62. The Bertz CT molecular complexity index is 4240. The van der Waals surface area contributed by atoms with Gasteiger partial charge in [-0.3, -0.25) is 43.0 Å². The highest BCUT2D eigenvalue weighted by atomic mass is 35.5. The Morgan fingerprint density at radius 1 is 0.604 bits per heavy atom. The molecule has 13 rings (SSSR count). The summed E-state index contributed by atoms with van der Waals surface area (Å²) in [5, 5.41) is 5.03. The van der Waals surface area contributed by atoms with Gasteiger partial charge in [0.1, 0.15) is 35.4 Å². The number of amides is 5. The fourth-order valence-electron chi connectivity index (χ4n) is 14.8. The number of alkyl halides is 4. The van der Waals surface area contributed by atoms with Crippen LogP contribution < -0.4 is 30.0 Å². The molecule has 8 aliphatic rings. The van der Waals surface area contributed by atoms with Crippen molar-refractivity contribution in [3.63, 3.8) is 0 Å². The largest absolute Gasteiger partial charge is 0.471 e. The molecule has 0 unspecified atom stereocenters. The van der Waals surface area contributed by atoms with Gasteiger partial charge in [0, 0.05) is 57.4 Å². The Hall–Kier alpha value is -7.51. The molecule has 3 aromatic heterocycles. The van der Waals surface area contributed by atoms with Gasteiger partial charge >= 0.3 is 0 Å². The summed E-state index contributed by atoms with van der Waals surface area (Å²) in [5.41, 5.74) is 6.72. The second-order valence-corrected chi connectivity index (χ2v) is 32.5. The van der Waals surface area contributed by atoms with Gasteiger partial charge in [0.25, 0.3) is 5.91 Å². The summed E-state index contributed by atoms with van der Waals surface area (Å²) >= 11 is 0. The third-order valence-corrected chi connectivity index (χ3v) is 24.6. The molecule has 0 bridgehead atoms. The number of sulfonamides is 2.